The van der Waals surface area contributed by atoms with Crippen molar-refractivity contribution in [3.05, 3.63) is 57.3 Å². The van der Waals surface area contributed by atoms with Crippen LogP contribution in [0.1, 0.15) is 15.9 Å². The average molecular weight is 370 g/mol. The van der Waals surface area contributed by atoms with E-state index >= 15 is 0 Å². The van der Waals surface area contributed by atoms with Gasteiger partial charge in [0.25, 0.3) is 5.91 Å². The van der Waals surface area contributed by atoms with Crippen LogP contribution in [-0.4, -0.2) is 24.0 Å². The van der Waals surface area contributed by atoms with Crippen molar-refractivity contribution in [2.45, 2.75) is 6.92 Å². The SMILES string of the molecule is Cc1cccc(OCCNC(=O)c2cc(Br)cnc2Cl)c1. The Labute approximate surface area is 136 Å². The van der Waals surface area contributed by atoms with Crippen LogP contribution in [-0.2, 0) is 0 Å². The van der Waals surface area contributed by atoms with Gasteiger partial charge in [0.05, 0.1) is 12.1 Å². The summed E-state index contributed by atoms with van der Waals surface area (Å²) in [6.07, 6.45) is 1.54. The van der Waals surface area contributed by atoms with Crippen LogP contribution in [0.2, 0.25) is 5.15 Å². The topological polar surface area (TPSA) is 51.2 Å². The largest absolute Gasteiger partial charge is 0.492 e. The van der Waals surface area contributed by atoms with Gasteiger partial charge in [-0.05, 0) is 46.6 Å². The molecule has 0 radical (unpaired) electrons. The van der Waals surface area contributed by atoms with E-state index in [1.165, 1.54) is 0 Å². The third-order valence-corrected chi connectivity index (χ3v) is 3.43. The third kappa shape index (κ3) is 4.72. The fourth-order valence-electron chi connectivity index (χ4n) is 1.72. The van der Waals surface area contributed by atoms with Gasteiger partial charge < -0.3 is 10.1 Å². The predicted molar refractivity (Wildman–Crippen MR) is 86.0 cm³/mol. The number of halogens is 2. The molecule has 4 nitrogen and oxygen atoms in total. The molecule has 1 N–H and O–H groups in total. The van der Waals surface area contributed by atoms with Crippen molar-refractivity contribution in [1.29, 1.82) is 0 Å². The zero-order chi connectivity index (χ0) is 15.2. The number of ether oxygens (including phenoxy) is 1. The fraction of sp³-hybridized carbons (Fsp3) is 0.200. The molecule has 0 bridgehead atoms. The van der Waals surface area contributed by atoms with Gasteiger partial charge in [-0.25, -0.2) is 4.98 Å². The second-order valence-electron chi connectivity index (χ2n) is 4.41. The van der Waals surface area contributed by atoms with Gasteiger partial charge in [0.15, 0.2) is 0 Å². The van der Waals surface area contributed by atoms with Crippen molar-refractivity contribution in [1.82, 2.24) is 10.3 Å². The predicted octanol–water partition coefficient (Wildman–Crippen LogP) is 3.61. The van der Waals surface area contributed by atoms with E-state index in [2.05, 4.69) is 26.2 Å². The third-order valence-electron chi connectivity index (χ3n) is 2.70. The number of hydrogen-bond acceptors (Lipinski definition) is 3. The van der Waals surface area contributed by atoms with Crippen LogP contribution in [0.25, 0.3) is 0 Å². The van der Waals surface area contributed by atoms with Gasteiger partial charge >= 0.3 is 0 Å². The average Bonchev–Trinajstić information content (AvgIpc) is 2.46. The van der Waals surface area contributed by atoms with Gasteiger partial charge in [-0.2, -0.15) is 0 Å². The molecule has 0 spiro atoms. The first-order valence-corrected chi connectivity index (χ1v) is 7.52. The minimum absolute atomic E-state index is 0.176. The molecule has 6 heteroatoms. The van der Waals surface area contributed by atoms with Crippen LogP contribution in [0, 0.1) is 6.92 Å². The smallest absolute Gasteiger partial charge is 0.254 e. The van der Waals surface area contributed by atoms with Crippen LogP contribution in [0.5, 0.6) is 5.75 Å². The first kappa shape index (κ1) is 15.8. The molecule has 1 heterocycles. The van der Waals surface area contributed by atoms with Gasteiger partial charge in [0.1, 0.15) is 17.5 Å². The highest BCUT2D eigenvalue weighted by Crippen LogP contribution is 2.17. The van der Waals surface area contributed by atoms with E-state index in [0.717, 1.165) is 11.3 Å². The highest BCUT2D eigenvalue weighted by molar-refractivity contribution is 9.10. The number of amides is 1. The number of pyridine rings is 1. The molecule has 0 aliphatic rings. The number of nitrogens with zero attached hydrogens (tertiary/aromatic N) is 1. The lowest BCUT2D eigenvalue weighted by atomic mass is 10.2. The summed E-state index contributed by atoms with van der Waals surface area (Å²) in [5.41, 5.74) is 1.46. The maximum absolute atomic E-state index is 12.0. The monoisotopic (exact) mass is 368 g/mol. The summed E-state index contributed by atoms with van der Waals surface area (Å²) in [4.78, 5) is 15.9. The summed E-state index contributed by atoms with van der Waals surface area (Å²) in [5, 5.41) is 2.92. The van der Waals surface area contributed by atoms with Gasteiger partial charge in [-0.1, -0.05) is 23.7 Å². The standard InChI is InChI=1S/C15H14BrClN2O2/c1-10-3-2-4-12(7-10)21-6-5-18-15(20)13-8-11(16)9-19-14(13)17/h2-4,7-9H,5-6H2,1H3,(H,18,20). The molecule has 2 aromatic rings. The number of carbonyl (C=O) groups excluding carboxylic acids is 1. The van der Waals surface area contributed by atoms with Crippen molar-refractivity contribution in [2.24, 2.45) is 0 Å². The second kappa shape index (κ2) is 7.43. The lowest BCUT2D eigenvalue weighted by Crippen LogP contribution is -2.28. The molecule has 0 unspecified atom stereocenters. The molecule has 2 rings (SSSR count). The fourth-order valence-corrected chi connectivity index (χ4v) is 2.24. The normalized spacial score (nSPS) is 10.2. The zero-order valence-electron chi connectivity index (χ0n) is 11.4. The number of rotatable bonds is 5. The van der Waals surface area contributed by atoms with E-state index in [-0.39, 0.29) is 11.1 Å². The van der Waals surface area contributed by atoms with Gasteiger partial charge in [0, 0.05) is 10.7 Å². The second-order valence-corrected chi connectivity index (χ2v) is 5.69. The molecule has 1 aromatic heterocycles. The number of benzene rings is 1. The first-order chi connectivity index (χ1) is 10.1. The van der Waals surface area contributed by atoms with E-state index in [4.69, 9.17) is 16.3 Å². The summed E-state index contributed by atoms with van der Waals surface area (Å²) < 4.78 is 6.26. The first-order valence-electron chi connectivity index (χ1n) is 6.35. The van der Waals surface area contributed by atoms with E-state index in [9.17, 15) is 4.79 Å². The van der Waals surface area contributed by atoms with Crippen molar-refractivity contribution >= 4 is 33.4 Å². The summed E-state index contributed by atoms with van der Waals surface area (Å²) >= 11 is 9.15. The molecule has 0 aliphatic carbocycles. The van der Waals surface area contributed by atoms with Gasteiger partial charge in [-0.15, -0.1) is 0 Å². The molecule has 0 saturated heterocycles. The molecule has 0 fully saturated rings. The quantitative estimate of drug-likeness (QED) is 0.647. The molecule has 0 saturated carbocycles. The van der Waals surface area contributed by atoms with Crippen LogP contribution in [0.4, 0.5) is 0 Å². The molecular weight excluding hydrogens is 356 g/mol. The Morgan fingerprint density at radius 1 is 1.43 bits per heavy atom. The highest BCUT2D eigenvalue weighted by Gasteiger charge is 2.11. The number of nitrogens with one attached hydrogen (secondary N) is 1. The van der Waals surface area contributed by atoms with Gasteiger partial charge in [-0.3, -0.25) is 4.79 Å². The summed E-state index contributed by atoms with van der Waals surface area (Å²) in [5.74, 6) is 0.507. The zero-order valence-corrected chi connectivity index (χ0v) is 13.7. The van der Waals surface area contributed by atoms with E-state index in [1.807, 2.05) is 31.2 Å². The maximum Gasteiger partial charge on any atom is 0.254 e. The number of aryl methyl sites for hydroxylation is 1. The van der Waals surface area contributed by atoms with Gasteiger partial charge in [0.2, 0.25) is 0 Å². The van der Waals surface area contributed by atoms with Crippen molar-refractivity contribution in [3.63, 3.8) is 0 Å². The van der Waals surface area contributed by atoms with Crippen molar-refractivity contribution < 1.29 is 9.53 Å². The van der Waals surface area contributed by atoms with Crippen molar-refractivity contribution in [3.8, 4) is 5.75 Å². The Morgan fingerprint density at radius 3 is 3.00 bits per heavy atom. The summed E-state index contributed by atoms with van der Waals surface area (Å²) in [7, 11) is 0. The Balaban J connectivity index is 1.83. The number of hydrogen-bond donors (Lipinski definition) is 1. The lowest BCUT2D eigenvalue weighted by Gasteiger charge is -2.09. The number of carbonyl (C=O) groups is 1. The maximum atomic E-state index is 12.0. The van der Waals surface area contributed by atoms with Crippen LogP contribution >= 0.6 is 27.5 Å². The Hall–Kier alpha value is -1.59. The molecule has 110 valence electrons. The summed E-state index contributed by atoms with van der Waals surface area (Å²) in [6.45, 7) is 2.76. The molecule has 1 amide bonds. The lowest BCUT2D eigenvalue weighted by molar-refractivity contribution is 0.0946. The minimum atomic E-state index is -0.276. The number of aromatic nitrogens is 1. The molecule has 0 atom stereocenters. The molecular formula is C15H14BrClN2O2. The van der Waals surface area contributed by atoms with Crippen LogP contribution in [0.3, 0.4) is 0 Å². The molecule has 21 heavy (non-hydrogen) atoms. The van der Waals surface area contributed by atoms with Crippen LogP contribution < -0.4 is 10.1 Å². The highest BCUT2D eigenvalue weighted by atomic mass is 79.9. The Bertz CT molecular complexity index is 649. The summed E-state index contributed by atoms with van der Waals surface area (Å²) in [6, 6.07) is 9.37. The van der Waals surface area contributed by atoms with Crippen LogP contribution in [0.15, 0.2) is 41.0 Å². The Morgan fingerprint density at radius 2 is 2.24 bits per heavy atom. The Kier molecular flexibility index (Phi) is 5.59. The van der Waals surface area contributed by atoms with E-state index < -0.39 is 0 Å². The molecule has 1 aromatic carbocycles. The molecule has 0 aliphatic heterocycles. The van der Waals surface area contributed by atoms with Crippen molar-refractivity contribution in [2.75, 3.05) is 13.2 Å². The van der Waals surface area contributed by atoms with E-state index in [0.29, 0.717) is 23.2 Å². The minimum Gasteiger partial charge on any atom is -0.492 e. The van der Waals surface area contributed by atoms with E-state index in [1.54, 1.807) is 12.3 Å².